The van der Waals surface area contributed by atoms with Gasteiger partial charge in [0.15, 0.2) is 34.9 Å². The Kier molecular flexibility index (Phi) is 7.52. The standard InChI is InChI=1S/C23H25N9O13P2/c1-2-23-6-41-47(38,39)44-15-13(33)10(42-21(15)32-8-28-12-18(32)29-22(25)30-19(12)35)5-40-46(36,37)45-16(23)14(34)20(43-23)31-7-27-11-9(24)3-4-26-17(11)31/h1,3-4,7-8,10,13-16,20-21,33-34H,5-6H2,(H2,24,26)(H,36,37)(H,38,39)(H3,25,29,30,35)/t10-,13+,14?,15?,16-,20-,21-,23-/m1/s1. The number of aromatic nitrogens is 7. The molecule has 0 spiro atoms. The van der Waals surface area contributed by atoms with Gasteiger partial charge in [0.1, 0.15) is 42.6 Å². The molecule has 47 heavy (non-hydrogen) atoms. The number of nitrogens with two attached hydrogens (primary N) is 2. The maximum Gasteiger partial charge on any atom is 0.472 e. The van der Waals surface area contributed by atoms with Gasteiger partial charge in [-0.15, -0.1) is 6.42 Å². The molecule has 10 atom stereocenters. The van der Waals surface area contributed by atoms with Gasteiger partial charge in [-0.2, -0.15) is 4.98 Å². The van der Waals surface area contributed by atoms with Crippen LogP contribution in [0.3, 0.4) is 0 Å². The van der Waals surface area contributed by atoms with Gasteiger partial charge in [0.2, 0.25) is 5.95 Å². The van der Waals surface area contributed by atoms with Gasteiger partial charge >= 0.3 is 15.6 Å². The van der Waals surface area contributed by atoms with Gasteiger partial charge in [-0.1, -0.05) is 5.92 Å². The molecule has 3 fully saturated rings. The van der Waals surface area contributed by atoms with Gasteiger partial charge in [0, 0.05) is 6.20 Å². The van der Waals surface area contributed by atoms with E-state index in [1.807, 2.05) is 0 Å². The van der Waals surface area contributed by atoms with Crippen molar-refractivity contribution in [2.75, 3.05) is 24.7 Å². The topological polar surface area (TPSA) is 317 Å². The molecule has 250 valence electrons. The summed E-state index contributed by atoms with van der Waals surface area (Å²) >= 11 is 0. The van der Waals surface area contributed by atoms with E-state index in [4.69, 9.17) is 45.5 Å². The van der Waals surface area contributed by atoms with Crippen LogP contribution in [0.25, 0.3) is 22.3 Å². The molecule has 3 aliphatic rings. The van der Waals surface area contributed by atoms with E-state index in [-0.39, 0.29) is 34.0 Å². The lowest BCUT2D eigenvalue weighted by molar-refractivity contribution is -0.0961. The van der Waals surface area contributed by atoms with E-state index < -0.39 is 83.0 Å². The van der Waals surface area contributed by atoms with Gasteiger partial charge in [-0.3, -0.25) is 37.0 Å². The van der Waals surface area contributed by atoms with Crippen molar-refractivity contribution in [1.29, 1.82) is 0 Å². The normalized spacial score (nSPS) is 38.0. The van der Waals surface area contributed by atoms with Crippen molar-refractivity contribution < 1.29 is 56.7 Å². The highest BCUT2D eigenvalue weighted by Gasteiger charge is 2.60. The summed E-state index contributed by atoms with van der Waals surface area (Å²) in [5.41, 5.74) is 8.84. The molecule has 24 heteroatoms. The second-order valence-corrected chi connectivity index (χ2v) is 13.5. The van der Waals surface area contributed by atoms with Gasteiger partial charge in [0.05, 0.1) is 24.9 Å². The molecule has 7 heterocycles. The highest BCUT2D eigenvalue weighted by atomic mass is 31.2. The van der Waals surface area contributed by atoms with Crippen LogP contribution in [0.1, 0.15) is 12.5 Å². The summed E-state index contributed by atoms with van der Waals surface area (Å²) < 4.78 is 61.7. The summed E-state index contributed by atoms with van der Waals surface area (Å²) in [6, 6.07) is 1.48. The van der Waals surface area contributed by atoms with Crippen LogP contribution in [0.5, 0.6) is 0 Å². The first-order chi connectivity index (χ1) is 22.2. The SMILES string of the molecule is C#C[C@@]12COP(=O)(O)OC3[C@@H](O)[C@@H](COP(=O)(O)O[C@@H]1C(O)[C@H](n1cnc4c(N)ccnc41)O2)O[C@H]3n1cnc2c(=O)[nH]c(N)nc21. The van der Waals surface area contributed by atoms with Crippen LogP contribution in [0, 0.1) is 12.3 Å². The molecule has 4 aromatic heterocycles. The van der Waals surface area contributed by atoms with E-state index in [2.05, 4.69) is 30.8 Å². The molecule has 0 saturated carbocycles. The highest BCUT2D eigenvalue weighted by Crippen LogP contribution is 2.55. The zero-order valence-electron chi connectivity index (χ0n) is 23.5. The summed E-state index contributed by atoms with van der Waals surface area (Å²) in [5.74, 6) is 1.88. The first-order valence-corrected chi connectivity index (χ1v) is 16.5. The van der Waals surface area contributed by atoms with Crippen molar-refractivity contribution >= 4 is 49.6 Å². The quantitative estimate of drug-likeness (QED) is 0.0903. The van der Waals surface area contributed by atoms with Crippen LogP contribution in [0.4, 0.5) is 11.6 Å². The Morgan fingerprint density at radius 3 is 2.45 bits per heavy atom. The molecular weight excluding hydrogens is 672 g/mol. The smallest absolute Gasteiger partial charge is 0.397 e. The number of rotatable bonds is 2. The summed E-state index contributed by atoms with van der Waals surface area (Å²) in [4.78, 5) is 52.5. The number of imidazole rings is 2. The Labute approximate surface area is 261 Å². The third-order valence-corrected chi connectivity index (χ3v) is 9.72. The highest BCUT2D eigenvalue weighted by molar-refractivity contribution is 7.47. The third-order valence-electron chi connectivity index (χ3n) is 7.79. The molecule has 0 aliphatic carbocycles. The number of aliphatic hydroxyl groups is 2. The number of phosphoric ester groups is 2. The molecule has 2 bridgehead atoms. The molecule has 0 radical (unpaired) electrons. The van der Waals surface area contributed by atoms with Gasteiger partial charge in [-0.25, -0.2) is 24.1 Å². The number of nitrogens with one attached hydrogen (secondary N) is 1. The van der Waals surface area contributed by atoms with E-state index in [0.29, 0.717) is 0 Å². The average Bonchev–Trinajstić information content (AvgIpc) is 3.76. The maximum absolute atomic E-state index is 13.4. The zero-order valence-corrected chi connectivity index (χ0v) is 25.3. The molecular formula is C23H25N9O13P2. The van der Waals surface area contributed by atoms with Crippen LogP contribution in [-0.2, 0) is 36.7 Å². The second-order valence-electron chi connectivity index (χ2n) is 10.7. The minimum atomic E-state index is -5.26. The van der Waals surface area contributed by atoms with E-state index in [1.165, 1.54) is 23.2 Å². The zero-order chi connectivity index (χ0) is 33.5. The molecule has 0 aromatic carbocycles. The largest absolute Gasteiger partial charge is 0.472 e. The van der Waals surface area contributed by atoms with E-state index in [0.717, 1.165) is 10.9 Å². The van der Waals surface area contributed by atoms with E-state index in [1.54, 1.807) is 0 Å². The summed E-state index contributed by atoms with van der Waals surface area (Å²) in [6.45, 7) is -1.94. The van der Waals surface area contributed by atoms with Crippen molar-refractivity contribution in [2.24, 2.45) is 0 Å². The van der Waals surface area contributed by atoms with Crippen LogP contribution in [0.2, 0.25) is 0 Å². The predicted octanol–water partition coefficient (Wildman–Crippen LogP) is -1.73. The third kappa shape index (κ3) is 5.32. The van der Waals surface area contributed by atoms with Crippen molar-refractivity contribution in [3.63, 3.8) is 0 Å². The Hall–Kier alpha value is -3.81. The summed E-state index contributed by atoms with van der Waals surface area (Å²) in [6.07, 6.45) is -2.51. The minimum absolute atomic E-state index is 0.134. The van der Waals surface area contributed by atoms with Crippen molar-refractivity contribution in [3.05, 3.63) is 35.3 Å². The molecule has 0 amide bonds. The molecule has 3 aliphatic heterocycles. The van der Waals surface area contributed by atoms with Gasteiger partial charge in [0.25, 0.3) is 5.56 Å². The minimum Gasteiger partial charge on any atom is -0.397 e. The summed E-state index contributed by atoms with van der Waals surface area (Å²) in [5, 5.41) is 22.4. The number of phosphoric acid groups is 2. The number of aliphatic hydroxyl groups excluding tert-OH is 2. The lowest BCUT2D eigenvalue weighted by atomic mass is 9.97. The molecule has 4 unspecified atom stereocenters. The fraction of sp³-hybridized carbons (Fsp3) is 0.435. The first-order valence-electron chi connectivity index (χ1n) is 13.5. The molecule has 9 N–H and O–H groups in total. The number of ether oxygens (including phenoxy) is 2. The number of nitrogen functional groups attached to an aromatic ring is 2. The van der Waals surface area contributed by atoms with Gasteiger partial charge in [-0.05, 0) is 6.07 Å². The average molecular weight is 697 g/mol. The molecule has 7 rings (SSSR count). The van der Waals surface area contributed by atoms with E-state index >= 15 is 0 Å². The first kappa shape index (κ1) is 31.8. The number of H-pyrrole nitrogens is 1. The maximum atomic E-state index is 13.4. The Balaban J connectivity index is 1.25. The predicted molar refractivity (Wildman–Crippen MR) is 153 cm³/mol. The van der Waals surface area contributed by atoms with Crippen LogP contribution < -0.4 is 17.0 Å². The Morgan fingerprint density at radius 2 is 1.70 bits per heavy atom. The van der Waals surface area contributed by atoms with Crippen molar-refractivity contribution in [2.45, 2.75) is 48.6 Å². The van der Waals surface area contributed by atoms with Gasteiger partial charge < -0.3 is 40.9 Å². The fourth-order valence-electron chi connectivity index (χ4n) is 5.59. The molecule has 4 aromatic rings. The lowest BCUT2D eigenvalue weighted by Gasteiger charge is -2.31. The van der Waals surface area contributed by atoms with E-state index in [9.17, 15) is 33.9 Å². The van der Waals surface area contributed by atoms with Crippen molar-refractivity contribution in [3.8, 4) is 12.3 Å². The molecule has 22 nitrogen and oxygen atoms in total. The number of terminal acetylenes is 1. The monoisotopic (exact) mass is 697 g/mol. The second kappa shape index (κ2) is 11.1. The fourth-order valence-corrected chi connectivity index (χ4v) is 7.52. The Bertz CT molecular complexity index is 2080. The number of nitrogens with zero attached hydrogens (tertiary/aromatic N) is 6. The number of pyridine rings is 1. The summed E-state index contributed by atoms with van der Waals surface area (Å²) in [7, 11) is -10.5. The van der Waals surface area contributed by atoms with Crippen LogP contribution >= 0.6 is 15.6 Å². The molecule has 3 saturated heterocycles. The number of fused-ring (bicyclic) bond motifs is 5. The lowest BCUT2D eigenvalue weighted by Crippen LogP contribution is -2.47. The number of hydrogen-bond donors (Lipinski definition) is 7. The van der Waals surface area contributed by atoms with Crippen LogP contribution in [0.15, 0.2) is 29.7 Å². The Morgan fingerprint density at radius 1 is 1.00 bits per heavy atom. The number of hydrogen-bond acceptors (Lipinski definition) is 17. The van der Waals surface area contributed by atoms with Crippen LogP contribution in [-0.4, -0.2) is 103 Å². The number of anilines is 2. The van der Waals surface area contributed by atoms with Crippen molar-refractivity contribution in [1.82, 2.24) is 34.1 Å². The number of aromatic amines is 1.